The van der Waals surface area contributed by atoms with E-state index in [0.29, 0.717) is 19.8 Å². The predicted molar refractivity (Wildman–Crippen MR) is 80.3 cm³/mol. The molecule has 0 aromatic heterocycles. The van der Waals surface area contributed by atoms with Crippen LogP contribution in [-0.4, -0.2) is 20.2 Å². The fraction of sp³-hybridized carbons (Fsp3) is 0.294. The van der Waals surface area contributed by atoms with Gasteiger partial charge in [-0.3, -0.25) is 0 Å². The van der Waals surface area contributed by atoms with Gasteiger partial charge in [0.25, 0.3) is 0 Å². The molecule has 0 saturated heterocycles. The number of hydrogen-bond acceptors (Lipinski definition) is 2. The van der Waals surface area contributed by atoms with Crippen molar-refractivity contribution in [3.8, 4) is 0 Å². The number of rotatable bonds is 7. The van der Waals surface area contributed by atoms with Crippen molar-refractivity contribution in [3.05, 3.63) is 65.7 Å². The van der Waals surface area contributed by atoms with E-state index in [1.165, 1.54) is 6.07 Å². The van der Waals surface area contributed by atoms with Crippen LogP contribution in [0.4, 0.5) is 14.5 Å². The molecule has 0 bridgehead atoms. The van der Waals surface area contributed by atoms with Crippen LogP contribution in [0.2, 0.25) is 0 Å². The number of anilines is 1. The van der Waals surface area contributed by atoms with Gasteiger partial charge < -0.3 is 9.64 Å². The van der Waals surface area contributed by atoms with E-state index >= 15 is 0 Å². The van der Waals surface area contributed by atoms with Crippen molar-refractivity contribution in [2.45, 2.75) is 13.0 Å². The van der Waals surface area contributed by atoms with Crippen molar-refractivity contribution >= 4 is 5.69 Å². The molecule has 112 valence electrons. The first kappa shape index (κ1) is 15.4. The van der Waals surface area contributed by atoms with Crippen molar-refractivity contribution in [1.82, 2.24) is 0 Å². The molecule has 0 fully saturated rings. The van der Waals surface area contributed by atoms with E-state index in [1.54, 1.807) is 11.9 Å². The Kier molecular flexibility index (Phi) is 5.69. The van der Waals surface area contributed by atoms with Gasteiger partial charge in [-0.2, -0.15) is 0 Å². The molecule has 2 aromatic rings. The average Bonchev–Trinajstić information content (AvgIpc) is 2.50. The molecular formula is C17H19F2NO. The number of halogens is 2. The summed E-state index contributed by atoms with van der Waals surface area (Å²) in [5.74, 6) is -0.845. The maximum absolute atomic E-state index is 13.6. The van der Waals surface area contributed by atoms with E-state index in [4.69, 9.17) is 4.74 Å². The van der Waals surface area contributed by atoms with Crippen LogP contribution in [0, 0.1) is 11.6 Å². The van der Waals surface area contributed by atoms with Gasteiger partial charge in [-0.05, 0) is 24.1 Å². The second kappa shape index (κ2) is 7.74. The van der Waals surface area contributed by atoms with E-state index < -0.39 is 11.6 Å². The molecule has 0 saturated carbocycles. The summed E-state index contributed by atoms with van der Waals surface area (Å²) in [6.45, 7) is 1.75. The molecule has 4 heteroatoms. The molecular weight excluding hydrogens is 272 g/mol. The highest BCUT2D eigenvalue weighted by Gasteiger charge is 2.08. The maximum Gasteiger partial charge on any atom is 0.146 e. The Bertz CT molecular complexity index is 560. The summed E-state index contributed by atoms with van der Waals surface area (Å²) in [7, 11) is 1.75. The van der Waals surface area contributed by atoms with E-state index in [1.807, 2.05) is 30.3 Å². The first-order valence-corrected chi connectivity index (χ1v) is 6.94. The third-order valence-electron chi connectivity index (χ3n) is 3.21. The molecule has 0 unspecified atom stereocenters. The molecule has 21 heavy (non-hydrogen) atoms. The lowest BCUT2D eigenvalue weighted by atomic mass is 10.2. The Hall–Kier alpha value is -1.94. The van der Waals surface area contributed by atoms with Gasteiger partial charge in [-0.1, -0.05) is 30.3 Å². The summed E-state index contributed by atoms with van der Waals surface area (Å²) in [4.78, 5) is 1.70. The van der Waals surface area contributed by atoms with Gasteiger partial charge in [-0.25, -0.2) is 8.78 Å². The van der Waals surface area contributed by atoms with Gasteiger partial charge in [-0.15, -0.1) is 0 Å². The van der Waals surface area contributed by atoms with Crippen molar-refractivity contribution in [2.75, 3.05) is 25.1 Å². The summed E-state index contributed by atoms with van der Waals surface area (Å²) >= 11 is 0. The van der Waals surface area contributed by atoms with E-state index in [9.17, 15) is 8.78 Å². The van der Waals surface area contributed by atoms with Crippen LogP contribution >= 0.6 is 0 Å². The van der Waals surface area contributed by atoms with Crippen molar-refractivity contribution < 1.29 is 13.5 Å². The minimum absolute atomic E-state index is 0.276. The molecule has 0 heterocycles. The first-order valence-electron chi connectivity index (χ1n) is 6.94. The molecule has 0 aliphatic rings. The smallest absolute Gasteiger partial charge is 0.146 e. The zero-order valence-electron chi connectivity index (χ0n) is 12.1. The van der Waals surface area contributed by atoms with Crippen LogP contribution in [0.5, 0.6) is 0 Å². The maximum atomic E-state index is 13.6. The van der Waals surface area contributed by atoms with E-state index in [0.717, 1.165) is 24.1 Å². The molecule has 0 radical (unpaired) electrons. The Morgan fingerprint density at radius 3 is 2.57 bits per heavy atom. The molecule has 0 aliphatic heterocycles. The summed E-state index contributed by atoms with van der Waals surface area (Å²) < 4.78 is 32.3. The Balaban J connectivity index is 1.72. The van der Waals surface area contributed by atoms with Gasteiger partial charge in [0.05, 0.1) is 12.3 Å². The second-order valence-electron chi connectivity index (χ2n) is 4.91. The first-order chi connectivity index (χ1) is 10.2. The Labute approximate surface area is 124 Å². The highest BCUT2D eigenvalue weighted by atomic mass is 19.1. The standard InChI is InChI=1S/C17H19F2NO/c1-20(17-12-15(18)8-9-16(17)19)10-5-11-21-13-14-6-3-2-4-7-14/h2-4,6-9,12H,5,10-11,13H2,1H3. The molecule has 0 spiro atoms. The summed E-state index contributed by atoms with van der Waals surface area (Å²) in [6, 6.07) is 13.4. The quantitative estimate of drug-likeness (QED) is 0.715. The molecule has 2 nitrogen and oxygen atoms in total. The number of benzene rings is 2. The van der Waals surface area contributed by atoms with Crippen molar-refractivity contribution in [3.63, 3.8) is 0 Å². The Morgan fingerprint density at radius 2 is 1.81 bits per heavy atom. The van der Waals surface area contributed by atoms with Gasteiger partial charge in [0.2, 0.25) is 0 Å². The number of hydrogen-bond donors (Lipinski definition) is 0. The summed E-state index contributed by atoms with van der Waals surface area (Å²) in [5.41, 5.74) is 1.40. The molecule has 2 rings (SSSR count). The molecule has 0 aliphatic carbocycles. The fourth-order valence-corrected chi connectivity index (χ4v) is 2.07. The number of ether oxygens (including phenoxy) is 1. The van der Waals surface area contributed by atoms with Crippen molar-refractivity contribution in [2.24, 2.45) is 0 Å². The largest absolute Gasteiger partial charge is 0.377 e. The zero-order valence-corrected chi connectivity index (χ0v) is 12.1. The molecule has 0 N–H and O–H groups in total. The topological polar surface area (TPSA) is 12.5 Å². The molecule has 0 amide bonds. The van der Waals surface area contributed by atoms with Crippen LogP contribution in [0.25, 0.3) is 0 Å². The highest BCUT2D eigenvalue weighted by molar-refractivity contribution is 5.47. The van der Waals surface area contributed by atoms with Crippen molar-refractivity contribution in [1.29, 1.82) is 0 Å². The van der Waals surface area contributed by atoms with Crippen LogP contribution in [0.1, 0.15) is 12.0 Å². The van der Waals surface area contributed by atoms with Gasteiger partial charge in [0.15, 0.2) is 0 Å². The molecule has 0 atom stereocenters. The molecule has 2 aromatic carbocycles. The normalized spacial score (nSPS) is 10.6. The van der Waals surface area contributed by atoms with Crippen LogP contribution in [0.15, 0.2) is 48.5 Å². The third-order valence-corrected chi connectivity index (χ3v) is 3.21. The lowest BCUT2D eigenvalue weighted by Gasteiger charge is -2.19. The summed E-state index contributed by atoms with van der Waals surface area (Å²) in [6.07, 6.45) is 0.749. The van der Waals surface area contributed by atoms with Gasteiger partial charge in [0, 0.05) is 26.3 Å². The zero-order chi connectivity index (χ0) is 15.1. The van der Waals surface area contributed by atoms with Crippen LogP contribution in [0.3, 0.4) is 0 Å². The summed E-state index contributed by atoms with van der Waals surface area (Å²) in [5, 5.41) is 0. The SMILES string of the molecule is CN(CCCOCc1ccccc1)c1cc(F)ccc1F. The van der Waals surface area contributed by atoms with Gasteiger partial charge >= 0.3 is 0 Å². The minimum Gasteiger partial charge on any atom is -0.377 e. The average molecular weight is 291 g/mol. The lowest BCUT2D eigenvalue weighted by Crippen LogP contribution is -2.21. The second-order valence-corrected chi connectivity index (χ2v) is 4.91. The fourth-order valence-electron chi connectivity index (χ4n) is 2.07. The predicted octanol–water partition coefficient (Wildman–Crippen LogP) is 4.01. The minimum atomic E-state index is -0.432. The number of nitrogens with zero attached hydrogens (tertiary/aromatic N) is 1. The van der Waals surface area contributed by atoms with Crippen LogP contribution < -0.4 is 4.90 Å². The lowest BCUT2D eigenvalue weighted by molar-refractivity contribution is 0.119. The Morgan fingerprint density at radius 1 is 1.05 bits per heavy atom. The van der Waals surface area contributed by atoms with Gasteiger partial charge in [0.1, 0.15) is 11.6 Å². The highest BCUT2D eigenvalue weighted by Crippen LogP contribution is 2.19. The van der Waals surface area contributed by atoms with Crippen LogP contribution in [-0.2, 0) is 11.3 Å². The van der Waals surface area contributed by atoms with E-state index in [2.05, 4.69) is 0 Å². The monoisotopic (exact) mass is 291 g/mol. The van der Waals surface area contributed by atoms with E-state index in [-0.39, 0.29) is 5.69 Å². The third kappa shape index (κ3) is 4.83.